The van der Waals surface area contributed by atoms with E-state index in [1.807, 2.05) is 36.4 Å². The molecule has 0 radical (unpaired) electrons. The summed E-state index contributed by atoms with van der Waals surface area (Å²) in [7, 11) is 0. The predicted molar refractivity (Wildman–Crippen MR) is 96.9 cm³/mol. The van der Waals surface area contributed by atoms with Gasteiger partial charge in [0.15, 0.2) is 0 Å². The number of nitrogens with one attached hydrogen (secondary N) is 1. The normalized spacial score (nSPS) is 26.5. The van der Waals surface area contributed by atoms with Gasteiger partial charge in [-0.1, -0.05) is 60.7 Å². The van der Waals surface area contributed by atoms with E-state index in [-0.39, 0.29) is 0 Å². The van der Waals surface area contributed by atoms with Crippen molar-refractivity contribution in [3.8, 4) is 0 Å². The molecule has 2 aromatic rings. The van der Waals surface area contributed by atoms with Crippen molar-refractivity contribution in [2.24, 2.45) is 5.92 Å². The molecule has 3 heterocycles. The Labute approximate surface area is 145 Å². The quantitative estimate of drug-likeness (QED) is 0.869. The second-order valence-electron chi connectivity index (χ2n) is 7.67. The number of quaternary nitrogens is 1. The maximum Gasteiger partial charge on any atom is 0.115 e. The lowest BCUT2D eigenvalue weighted by Crippen LogP contribution is -3.18. The van der Waals surface area contributed by atoms with Gasteiger partial charge in [0.2, 0.25) is 0 Å². The van der Waals surface area contributed by atoms with E-state index in [4.69, 9.17) is 0 Å². The van der Waals surface area contributed by atoms with Crippen LogP contribution in [-0.4, -0.2) is 24.2 Å². The number of fused-ring (bicyclic) bond motifs is 3. The molecule has 2 N–H and O–H groups in total. The lowest BCUT2D eigenvalue weighted by atomic mass is 9.77. The van der Waals surface area contributed by atoms with E-state index in [1.54, 1.807) is 4.90 Å². The van der Waals surface area contributed by atoms with Gasteiger partial charge in [-0.05, 0) is 36.3 Å². The number of rotatable bonds is 5. The maximum absolute atomic E-state index is 11.6. The second kappa shape index (κ2) is 6.70. The van der Waals surface area contributed by atoms with Gasteiger partial charge in [-0.25, -0.2) is 0 Å². The Bertz CT molecular complexity index is 607. The van der Waals surface area contributed by atoms with Crippen LogP contribution in [0.5, 0.6) is 0 Å². The van der Waals surface area contributed by atoms with E-state index in [0.29, 0.717) is 0 Å². The van der Waals surface area contributed by atoms with Gasteiger partial charge in [-0.15, -0.1) is 0 Å². The molecule has 3 aliphatic rings. The lowest BCUT2D eigenvalue weighted by molar-refractivity contribution is -0.942. The van der Waals surface area contributed by atoms with Crippen LogP contribution < -0.4 is 4.90 Å². The van der Waals surface area contributed by atoms with Crippen LogP contribution in [0.1, 0.15) is 43.2 Å². The maximum atomic E-state index is 11.6. The van der Waals surface area contributed by atoms with Gasteiger partial charge in [0, 0.05) is 12.8 Å². The van der Waals surface area contributed by atoms with Crippen molar-refractivity contribution < 1.29 is 10.0 Å². The fraction of sp³-hybridized carbons (Fsp3) is 0.455. The zero-order valence-electron chi connectivity index (χ0n) is 14.3. The summed E-state index contributed by atoms with van der Waals surface area (Å²) in [5, 5.41) is 11.6. The Hall–Kier alpha value is -1.64. The van der Waals surface area contributed by atoms with Crippen molar-refractivity contribution in [1.82, 2.24) is 0 Å². The van der Waals surface area contributed by atoms with Crippen LogP contribution in [0.3, 0.4) is 0 Å². The van der Waals surface area contributed by atoms with Gasteiger partial charge in [0.1, 0.15) is 5.60 Å². The van der Waals surface area contributed by atoms with Crippen LogP contribution in [-0.2, 0) is 5.60 Å². The standard InChI is InChI=1S/C22H27NO/c24-22(19-7-3-1-4-8-19,20-9-5-2-6-10-20)14-11-21-17-18-12-15-23(21)16-13-18/h1-10,18,21,24H,11-17H2/p+1. The Balaban J connectivity index is 1.57. The summed E-state index contributed by atoms with van der Waals surface area (Å²) in [4.78, 5) is 1.78. The molecule has 5 rings (SSSR count). The van der Waals surface area contributed by atoms with E-state index >= 15 is 0 Å². The summed E-state index contributed by atoms with van der Waals surface area (Å²) in [5.74, 6) is 0.939. The SMILES string of the molecule is OC(CCC1CC2CC[NH+]1CC2)(c1ccccc1)c1ccccc1. The third kappa shape index (κ3) is 3.01. The molecule has 1 unspecified atom stereocenters. The number of piperidine rings is 3. The molecule has 0 spiro atoms. The molecule has 24 heavy (non-hydrogen) atoms. The summed E-state index contributed by atoms with van der Waals surface area (Å²) >= 11 is 0. The van der Waals surface area contributed by atoms with Crippen molar-refractivity contribution in [3.05, 3.63) is 71.8 Å². The minimum absolute atomic E-state index is 0.733. The van der Waals surface area contributed by atoms with Crippen LogP contribution in [0.15, 0.2) is 60.7 Å². The van der Waals surface area contributed by atoms with Crippen molar-refractivity contribution in [3.63, 3.8) is 0 Å². The third-order valence-corrected chi connectivity index (χ3v) is 6.30. The van der Waals surface area contributed by atoms with E-state index < -0.39 is 5.60 Å². The van der Waals surface area contributed by atoms with Crippen LogP contribution in [0, 0.1) is 5.92 Å². The predicted octanol–water partition coefficient (Wildman–Crippen LogP) is 2.77. The van der Waals surface area contributed by atoms with Crippen molar-refractivity contribution in [2.75, 3.05) is 13.1 Å². The highest BCUT2D eigenvalue weighted by Gasteiger charge is 2.39. The summed E-state index contributed by atoms with van der Waals surface area (Å²) in [5.41, 5.74) is 1.16. The van der Waals surface area contributed by atoms with Gasteiger partial charge in [0.25, 0.3) is 0 Å². The molecule has 0 aromatic heterocycles. The highest BCUT2D eigenvalue weighted by molar-refractivity contribution is 5.35. The van der Waals surface area contributed by atoms with Crippen molar-refractivity contribution >= 4 is 0 Å². The number of hydrogen-bond donors (Lipinski definition) is 2. The minimum Gasteiger partial charge on any atom is -0.380 e. The van der Waals surface area contributed by atoms with E-state index in [1.165, 1.54) is 32.4 Å². The summed E-state index contributed by atoms with van der Waals surface area (Å²) < 4.78 is 0. The average Bonchev–Trinajstić information content (AvgIpc) is 2.68. The molecular formula is C22H28NO+. The highest BCUT2D eigenvalue weighted by atomic mass is 16.3. The highest BCUT2D eigenvalue weighted by Crippen LogP contribution is 2.35. The molecule has 3 aliphatic heterocycles. The first kappa shape index (κ1) is 15.9. The Kier molecular flexibility index (Phi) is 4.43. The average molecular weight is 322 g/mol. The van der Waals surface area contributed by atoms with Crippen LogP contribution >= 0.6 is 0 Å². The molecule has 0 amide bonds. The minimum atomic E-state index is -0.875. The largest absolute Gasteiger partial charge is 0.380 e. The first-order valence-electron chi connectivity index (χ1n) is 9.44. The van der Waals surface area contributed by atoms with Gasteiger partial charge in [-0.3, -0.25) is 0 Å². The van der Waals surface area contributed by atoms with Crippen molar-refractivity contribution in [1.29, 1.82) is 0 Å². The van der Waals surface area contributed by atoms with Gasteiger partial charge < -0.3 is 10.0 Å². The smallest absolute Gasteiger partial charge is 0.115 e. The van der Waals surface area contributed by atoms with Crippen molar-refractivity contribution in [2.45, 2.75) is 43.7 Å². The molecule has 0 saturated carbocycles. The first-order valence-corrected chi connectivity index (χ1v) is 9.44. The summed E-state index contributed by atoms with van der Waals surface area (Å²) in [6.45, 7) is 2.68. The summed E-state index contributed by atoms with van der Waals surface area (Å²) in [6.07, 6.45) is 6.09. The monoisotopic (exact) mass is 322 g/mol. The van der Waals surface area contributed by atoms with Crippen LogP contribution in [0.4, 0.5) is 0 Å². The molecule has 126 valence electrons. The molecule has 3 saturated heterocycles. The number of aliphatic hydroxyl groups is 1. The fourth-order valence-electron chi connectivity index (χ4n) is 4.85. The lowest BCUT2D eigenvalue weighted by Gasteiger charge is -2.43. The summed E-state index contributed by atoms with van der Waals surface area (Å²) in [6, 6.07) is 21.1. The van der Waals surface area contributed by atoms with Gasteiger partial charge in [0.05, 0.1) is 19.1 Å². The third-order valence-electron chi connectivity index (χ3n) is 6.30. The first-order chi connectivity index (χ1) is 11.8. The van der Waals surface area contributed by atoms with E-state index in [0.717, 1.165) is 35.9 Å². The van der Waals surface area contributed by atoms with Gasteiger partial charge in [-0.2, -0.15) is 0 Å². The molecule has 3 fully saturated rings. The zero-order chi connectivity index (χ0) is 16.4. The number of hydrogen-bond acceptors (Lipinski definition) is 1. The Morgan fingerprint density at radius 3 is 1.88 bits per heavy atom. The molecule has 1 atom stereocenters. The topological polar surface area (TPSA) is 24.7 Å². The second-order valence-corrected chi connectivity index (χ2v) is 7.67. The Morgan fingerprint density at radius 1 is 0.875 bits per heavy atom. The van der Waals surface area contributed by atoms with E-state index in [9.17, 15) is 5.11 Å². The molecule has 2 heteroatoms. The fourth-order valence-corrected chi connectivity index (χ4v) is 4.85. The van der Waals surface area contributed by atoms with Crippen LogP contribution in [0.2, 0.25) is 0 Å². The molecule has 2 aromatic carbocycles. The number of benzene rings is 2. The molecule has 2 bridgehead atoms. The zero-order valence-corrected chi connectivity index (χ0v) is 14.3. The molecule has 0 aliphatic carbocycles. The Morgan fingerprint density at radius 2 is 1.42 bits per heavy atom. The van der Waals surface area contributed by atoms with E-state index in [2.05, 4.69) is 24.3 Å². The van der Waals surface area contributed by atoms with Gasteiger partial charge >= 0.3 is 0 Å². The molecular weight excluding hydrogens is 294 g/mol. The van der Waals surface area contributed by atoms with Crippen LogP contribution in [0.25, 0.3) is 0 Å². The molecule has 2 nitrogen and oxygen atoms in total.